The van der Waals surface area contributed by atoms with Gasteiger partial charge in [0.1, 0.15) is 6.61 Å². The smallest absolute Gasteiger partial charge is 0.173 e. The third kappa shape index (κ3) is 5.54. The zero-order chi connectivity index (χ0) is 21.9. The summed E-state index contributed by atoms with van der Waals surface area (Å²) in [4.78, 5) is 0. The Morgan fingerprint density at radius 3 is 1.50 bits per heavy atom. The largest absolute Gasteiger partial charge is 0.390 e. The van der Waals surface area contributed by atoms with E-state index in [0.29, 0.717) is 6.54 Å². The van der Waals surface area contributed by atoms with E-state index < -0.39 is 0 Å². The fourth-order valence-electron chi connectivity index (χ4n) is 3.53. The number of pyridine rings is 2. The van der Waals surface area contributed by atoms with Crippen molar-refractivity contribution < 1.29 is 14.2 Å². The van der Waals surface area contributed by atoms with Crippen LogP contribution in [0.15, 0.2) is 67.3 Å². The van der Waals surface area contributed by atoms with Crippen LogP contribution >= 0.6 is 0 Å². The molecule has 3 aromatic rings. The zero-order valence-corrected chi connectivity index (χ0v) is 19.3. The van der Waals surface area contributed by atoms with Gasteiger partial charge >= 0.3 is 0 Å². The Hall–Kier alpha value is -2.52. The number of rotatable bonds is 5. The zero-order valence-electron chi connectivity index (χ0n) is 19.3. The second-order valence-corrected chi connectivity index (χ2v) is 10.2. The number of nitrogens with zero attached hydrogens (tertiary/aromatic N) is 2. The Kier molecular flexibility index (Phi) is 6.42. The number of aromatic nitrogens is 2. The molecule has 158 valence electrons. The van der Waals surface area contributed by atoms with Crippen LogP contribution in [-0.2, 0) is 23.9 Å². The lowest BCUT2D eigenvalue weighted by Crippen LogP contribution is -2.34. The van der Waals surface area contributed by atoms with Gasteiger partial charge in [0.15, 0.2) is 37.9 Å². The quantitative estimate of drug-likeness (QED) is 0.620. The SMILES string of the molecule is CC(C)(C)c1cc(C[n+]2ccc(-c3cc[n+](CCO)cc3)cc2)cc(C(C)(C)C)c1. The van der Waals surface area contributed by atoms with Gasteiger partial charge in [-0.3, -0.25) is 0 Å². The molecule has 0 aliphatic heterocycles. The third-order valence-electron chi connectivity index (χ3n) is 5.56. The first-order valence-corrected chi connectivity index (χ1v) is 10.8. The van der Waals surface area contributed by atoms with E-state index >= 15 is 0 Å². The molecule has 0 spiro atoms. The maximum Gasteiger partial charge on any atom is 0.173 e. The van der Waals surface area contributed by atoms with Crippen LogP contribution < -0.4 is 9.13 Å². The van der Waals surface area contributed by atoms with Crippen LogP contribution in [0.4, 0.5) is 0 Å². The first kappa shape index (κ1) is 22.2. The van der Waals surface area contributed by atoms with Crippen molar-refractivity contribution in [2.45, 2.75) is 65.5 Å². The van der Waals surface area contributed by atoms with Crippen molar-refractivity contribution in [2.24, 2.45) is 0 Å². The summed E-state index contributed by atoms with van der Waals surface area (Å²) in [6.07, 6.45) is 8.34. The third-order valence-corrected chi connectivity index (χ3v) is 5.56. The van der Waals surface area contributed by atoms with Gasteiger partial charge in [-0.05, 0) is 45.2 Å². The lowest BCUT2D eigenvalue weighted by molar-refractivity contribution is -0.698. The molecule has 3 rings (SSSR count). The highest BCUT2D eigenvalue weighted by atomic mass is 16.3. The van der Waals surface area contributed by atoms with E-state index in [9.17, 15) is 0 Å². The summed E-state index contributed by atoms with van der Waals surface area (Å²) >= 11 is 0. The first-order valence-electron chi connectivity index (χ1n) is 10.8. The van der Waals surface area contributed by atoms with E-state index in [1.54, 1.807) is 0 Å². The standard InChI is InChI=1S/C27H36N2O/c1-26(2,3)24-17-21(18-25(19-24)27(4,5)6)20-29-13-9-23(10-14-29)22-7-11-28(12-8-22)15-16-30/h7-14,17-19,30H,15-16,20H2,1-6H3/q+2. The molecular formula is C27H36N2O+2. The van der Waals surface area contributed by atoms with Crippen molar-refractivity contribution in [3.05, 3.63) is 83.9 Å². The van der Waals surface area contributed by atoms with Gasteiger partial charge in [0, 0.05) is 29.8 Å². The minimum absolute atomic E-state index is 0.130. The first-order chi connectivity index (χ1) is 14.1. The fourth-order valence-corrected chi connectivity index (χ4v) is 3.53. The van der Waals surface area contributed by atoms with Crippen molar-refractivity contribution in [1.29, 1.82) is 0 Å². The van der Waals surface area contributed by atoms with Crippen LogP contribution in [-0.4, -0.2) is 11.7 Å². The average molecular weight is 405 g/mol. The van der Waals surface area contributed by atoms with E-state index in [4.69, 9.17) is 5.11 Å². The molecule has 0 saturated heterocycles. The average Bonchev–Trinajstić information content (AvgIpc) is 2.68. The molecule has 0 unspecified atom stereocenters. The predicted molar refractivity (Wildman–Crippen MR) is 122 cm³/mol. The minimum atomic E-state index is 0.130. The number of aliphatic hydroxyl groups is 1. The Morgan fingerprint density at radius 2 is 1.10 bits per heavy atom. The van der Waals surface area contributed by atoms with E-state index in [2.05, 4.69) is 101 Å². The molecule has 0 bridgehead atoms. The lowest BCUT2D eigenvalue weighted by Gasteiger charge is -2.25. The summed E-state index contributed by atoms with van der Waals surface area (Å²) in [6.45, 7) is 15.3. The lowest BCUT2D eigenvalue weighted by atomic mass is 9.79. The summed E-state index contributed by atoms with van der Waals surface area (Å²) in [5, 5.41) is 9.06. The molecule has 0 aliphatic rings. The van der Waals surface area contributed by atoms with Gasteiger partial charge < -0.3 is 5.11 Å². The summed E-state index contributed by atoms with van der Waals surface area (Å²) in [6, 6.07) is 15.6. The topological polar surface area (TPSA) is 28.0 Å². The van der Waals surface area contributed by atoms with Crippen molar-refractivity contribution in [3.8, 4) is 11.1 Å². The molecule has 30 heavy (non-hydrogen) atoms. The molecule has 0 saturated carbocycles. The highest BCUT2D eigenvalue weighted by Gasteiger charge is 2.21. The van der Waals surface area contributed by atoms with Gasteiger partial charge in [-0.25, -0.2) is 9.13 Å². The van der Waals surface area contributed by atoms with E-state index in [-0.39, 0.29) is 17.4 Å². The minimum Gasteiger partial charge on any atom is -0.390 e. The molecule has 2 aromatic heterocycles. The van der Waals surface area contributed by atoms with Crippen molar-refractivity contribution in [2.75, 3.05) is 6.61 Å². The van der Waals surface area contributed by atoms with Gasteiger partial charge in [-0.2, -0.15) is 0 Å². The molecular weight excluding hydrogens is 368 g/mol. The van der Waals surface area contributed by atoms with Crippen LogP contribution in [0.1, 0.15) is 58.2 Å². The van der Waals surface area contributed by atoms with Gasteiger partial charge in [0.25, 0.3) is 0 Å². The number of hydrogen-bond donors (Lipinski definition) is 1. The molecule has 0 atom stereocenters. The predicted octanol–water partition coefficient (Wildman–Crippen LogP) is 4.56. The van der Waals surface area contributed by atoms with E-state index in [0.717, 1.165) is 6.54 Å². The molecule has 1 aromatic carbocycles. The molecule has 0 radical (unpaired) electrons. The highest BCUT2D eigenvalue weighted by Crippen LogP contribution is 2.30. The number of benzene rings is 1. The van der Waals surface area contributed by atoms with Crippen LogP contribution in [0, 0.1) is 0 Å². The Morgan fingerprint density at radius 1 is 0.667 bits per heavy atom. The van der Waals surface area contributed by atoms with E-state index in [1.807, 2.05) is 17.0 Å². The van der Waals surface area contributed by atoms with Gasteiger partial charge in [-0.1, -0.05) is 47.6 Å². The van der Waals surface area contributed by atoms with Crippen LogP contribution in [0.2, 0.25) is 0 Å². The second-order valence-electron chi connectivity index (χ2n) is 10.2. The van der Waals surface area contributed by atoms with Crippen LogP contribution in [0.5, 0.6) is 0 Å². The van der Waals surface area contributed by atoms with Crippen molar-refractivity contribution in [1.82, 2.24) is 0 Å². The molecule has 0 aliphatic carbocycles. The fraction of sp³-hybridized carbons (Fsp3) is 0.407. The Bertz CT molecular complexity index is 943. The second kappa shape index (κ2) is 8.69. The Labute approximate surface area is 181 Å². The van der Waals surface area contributed by atoms with Crippen LogP contribution in [0.3, 0.4) is 0 Å². The van der Waals surface area contributed by atoms with E-state index in [1.165, 1.54) is 27.8 Å². The molecule has 0 amide bonds. The van der Waals surface area contributed by atoms with Crippen molar-refractivity contribution >= 4 is 0 Å². The van der Waals surface area contributed by atoms with Gasteiger partial charge in [0.05, 0.1) is 0 Å². The summed E-state index contributed by atoms with van der Waals surface area (Å²) < 4.78 is 4.23. The summed E-state index contributed by atoms with van der Waals surface area (Å²) in [5.41, 5.74) is 6.76. The number of hydrogen-bond acceptors (Lipinski definition) is 1. The molecule has 1 N–H and O–H groups in total. The van der Waals surface area contributed by atoms with Gasteiger partial charge in [0.2, 0.25) is 0 Å². The maximum atomic E-state index is 9.06. The molecule has 0 fully saturated rings. The van der Waals surface area contributed by atoms with Crippen LogP contribution in [0.25, 0.3) is 11.1 Å². The monoisotopic (exact) mass is 404 g/mol. The summed E-state index contributed by atoms with van der Waals surface area (Å²) in [5.74, 6) is 0. The highest BCUT2D eigenvalue weighted by molar-refractivity contribution is 5.60. The van der Waals surface area contributed by atoms with Crippen molar-refractivity contribution in [3.63, 3.8) is 0 Å². The number of aliphatic hydroxyl groups excluding tert-OH is 1. The summed E-state index contributed by atoms with van der Waals surface area (Å²) in [7, 11) is 0. The molecule has 3 heteroatoms. The Balaban J connectivity index is 1.84. The normalized spacial score (nSPS) is 12.2. The molecule has 2 heterocycles. The molecule has 3 nitrogen and oxygen atoms in total. The maximum absolute atomic E-state index is 9.06. The van der Waals surface area contributed by atoms with Gasteiger partial charge in [-0.15, -0.1) is 0 Å².